The molecule has 0 spiro atoms. The first-order valence-electron chi connectivity index (χ1n) is 3.62. The summed E-state index contributed by atoms with van der Waals surface area (Å²) in [5, 5.41) is 8.48. The van der Waals surface area contributed by atoms with Crippen LogP contribution in [0.25, 0.3) is 11.0 Å². The molecule has 0 atom stereocenters. The Morgan fingerprint density at radius 3 is 3.17 bits per heavy atom. The Bertz CT molecular complexity index is 436. The van der Waals surface area contributed by atoms with Crippen molar-refractivity contribution in [2.24, 2.45) is 0 Å². The summed E-state index contributed by atoms with van der Waals surface area (Å²) in [6, 6.07) is 9.72. The highest BCUT2D eigenvalue weighted by atomic mass is 15.0. The number of nitriles is 1. The van der Waals surface area contributed by atoms with Crippen LogP contribution in [0, 0.1) is 17.7 Å². The topological polar surface area (TPSA) is 41.6 Å². The maximum atomic E-state index is 8.48. The van der Waals surface area contributed by atoms with E-state index in [2.05, 4.69) is 17.4 Å². The lowest BCUT2D eigenvalue weighted by Gasteiger charge is -1.93. The molecule has 0 aliphatic carbocycles. The molecule has 1 aromatic carbocycles. The number of hydrogen-bond donors (Lipinski definition) is 0. The van der Waals surface area contributed by atoms with Gasteiger partial charge in [0.05, 0.1) is 17.1 Å². The van der Waals surface area contributed by atoms with Gasteiger partial charge in [0.25, 0.3) is 0 Å². The Kier molecular flexibility index (Phi) is 1.52. The van der Waals surface area contributed by atoms with Crippen molar-refractivity contribution in [3.05, 3.63) is 30.6 Å². The smallest absolute Gasteiger partial charge is 0.178 e. The van der Waals surface area contributed by atoms with Crippen LogP contribution in [-0.4, -0.2) is 9.55 Å². The highest BCUT2D eigenvalue weighted by molar-refractivity contribution is 5.74. The second-order valence-corrected chi connectivity index (χ2v) is 2.44. The van der Waals surface area contributed by atoms with Crippen molar-refractivity contribution in [1.29, 1.82) is 5.26 Å². The van der Waals surface area contributed by atoms with Crippen molar-refractivity contribution < 1.29 is 0 Å². The molecule has 0 aliphatic heterocycles. The molecular formula is C9H6N3. The van der Waals surface area contributed by atoms with E-state index in [-0.39, 0.29) is 0 Å². The first-order chi connectivity index (χ1) is 5.92. The van der Waals surface area contributed by atoms with E-state index >= 15 is 0 Å². The summed E-state index contributed by atoms with van der Waals surface area (Å²) in [4.78, 5) is 4.02. The first-order valence-corrected chi connectivity index (χ1v) is 3.62. The molecule has 2 rings (SSSR count). The Balaban J connectivity index is 2.64. The molecule has 57 valence electrons. The number of benzene rings is 1. The zero-order chi connectivity index (χ0) is 8.39. The Morgan fingerprint density at radius 2 is 2.33 bits per heavy atom. The predicted molar refractivity (Wildman–Crippen MR) is 44.2 cm³/mol. The number of nitrogens with zero attached hydrogens (tertiary/aromatic N) is 3. The maximum Gasteiger partial charge on any atom is 0.178 e. The third-order valence-electron chi connectivity index (χ3n) is 1.69. The van der Waals surface area contributed by atoms with Gasteiger partial charge in [-0.15, -0.1) is 0 Å². The van der Waals surface area contributed by atoms with Gasteiger partial charge in [0.2, 0.25) is 0 Å². The van der Waals surface area contributed by atoms with E-state index in [0.717, 1.165) is 11.0 Å². The monoisotopic (exact) mass is 156 g/mol. The average molecular weight is 156 g/mol. The van der Waals surface area contributed by atoms with Crippen molar-refractivity contribution in [1.82, 2.24) is 9.55 Å². The van der Waals surface area contributed by atoms with Crippen LogP contribution in [0.5, 0.6) is 0 Å². The molecule has 1 radical (unpaired) electrons. The molecule has 1 aromatic heterocycles. The highest BCUT2D eigenvalue weighted by Gasteiger charge is 1.99. The van der Waals surface area contributed by atoms with Crippen LogP contribution in [0.3, 0.4) is 0 Å². The Hall–Kier alpha value is -1.82. The number of rotatable bonds is 1. The van der Waals surface area contributed by atoms with Crippen LogP contribution in [0.4, 0.5) is 0 Å². The Labute approximate surface area is 69.9 Å². The summed E-state index contributed by atoms with van der Waals surface area (Å²) in [5.74, 6) is 0. The quantitative estimate of drug-likeness (QED) is 0.625. The van der Waals surface area contributed by atoms with Crippen LogP contribution in [0.15, 0.2) is 24.3 Å². The highest BCUT2D eigenvalue weighted by Crippen LogP contribution is 2.10. The van der Waals surface area contributed by atoms with Crippen molar-refractivity contribution in [2.45, 2.75) is 6.54 Å². The van der Waals surface area contributed by atoms with Crippen LogP contribution < -0.4 is 0 Å². The fourth-order valence-electron chi connectivity index (χ4n) is 1.15. The molecule has 1 heterocycles. The van der Waals surface area contributed by atoms with Crippen molar-refractivity contribution in [2.75, 3.05) is 0 Å². The number of imidazole rings is 1. The number of aromatic nitrogens is 2. The fourth-order valence-corrected chi connectivity index (χ4v) is 1.15. The van der Waals surface area contributed by atoms with Crippen molar-refractivity contribution >= 4 is 11.0 Å². The lowest BCUT2D eigenvalue weighted by molar-refractivity contribution is 0.851. The lowest BCUT2D eigenvalue weighted by Crippen LogP contribution is -1.92. The largest absolute Gasteiger partial charge is 0.307 e. The third-order valence-corrected chi connectivity index (χ3v) is 1.69. The van der Waals surface area contributed by atoms with Gasteiger partial charge in [0.15, 0.2) is 6.33 Å². The predicted octanol–water partition coefficient (Wildman–Crippen LogP) is 1.36. The van der Waals surface area contributed by atoms with Crippen LogP contribution in [-0.2, 0) is 6.54 Å². The summed E-state index contributed by atoms with van der Waals surface area (Å²) in [6.45, 7) is 0.306. The van der Waals surface area contributed by atoms with Gasteiger partial charge in [-0.3, -0.25) is 0 Å². The van der Waals surface area contributed by atoms with Gasteiger partial charge >= 0.3 is 0 Å². The van der Waals surface area contributed by atoms with Gasteiger partial charge < -0.3 is 4.57 Å². The van der Waals surface area contributed by atoms with E-state index < -0.39 is 0 Å². The van der Waals surface area contributed by atoms with E-state index in [9.17, 15) is 0 Å². The molecule has 0 amide bonds. The number of hydrogen-bond acceptors (Lipinski definition) is 2. The van der Waals surface area contributed by atoms with Gasteiger partial charge in [-0.2, -0.15) is 5.26 Å². The van der Waals surface area contributed by atoms with Gasteiger partial charge in [-0.25, -0.2) is 4.98 Å². The summed E-state index contributed by atoms with van der Waals surface area (Å²) >= 11 is 0. The molecule has 0 unspecified atom stereocenters. The lowest BCUT2D eigenvalue weighted by atomic mass is 10.3. The molecule has 2 aromatic rings. The van der Waals surface area contributed by atoms with Gasteiger partial charge in [0, 0.05) is 0 Å². The summed E-state index contributed by atoms with van der Waals surface area (Å²) < 4.78 is 1.70. The second-order valence-electron chi connectivity index (χ2n) is 2.44. The molecule has 3 heteroatoms. The normalized spacial score (nSPS) is 9.92. The molecule has 12 heavy (non-hydrogen) atoms. The van der Waals surface area contributed by atoms with Gasteiger partial charge in [0.1, 0.15) is 6.54 Å². The van der Waals surface area contributed by atoms with E-state index in [1.165, 1.54) is 0 Å². The molecule has 0 bridgehead atoms. The zero-order valence-corrected chi connectivity index (χ0v) is 6.36. The van der Waals surface area contributed by atoms with Crippen molar-refractivity contribution in [3.8, 4) is 6.07 Å². The molecule has 3 nitrogen and oxygen atoms in total. The molecule has 0 saturated carbocycles. The van der Waals surface area contributed by atoms with E-state index in [1.807, 2.05) is 24.3 Å². The third kappa shape index (κ3) is 0.940. The summed E-state index contributed by atoms with van der Waals surface area (Å²) in [6.07, 6.45) is 2.76. The number of para-hydroxylation sites is 2. The zero-order valence-electron chi connectivity index (χ0n) is 6.36. The molecule has 0 N–H and O–H groups in total. The second kappa shape index (κ2) is 2.67. The standard InChI is InChI=1S/C9H6N3/c10-5-6-12-7-11-8-3-1-2-4-9(8)12/h1-4H,6H2. The van der Waals surface area contributed by atoms with Crippen LogP contribution in [0.2, 0.25) is 0 Å². The minimum atomic E-state index is 0.306. The Morgan fingerprint density at radius 1 is 1.50 bits per heavy atom. The van der Waals surface area contributed by atoms with E-state index in [4.69, 9.17) is 5.26 Å². The van der Waals surface area contributed by atoms with Gasteiger partial charge in [-0.05, 0) is 12.1 Å². The minimum Gasteiger partial charge on any atom is -0.307 e. The first kappa shape index (κ1) is 6.86. The fraction of sp³-hybridized carbons (Fsp3) is 0.111. The summed E-state index contributed by atoms with van der Waals surface area (Å²) in [5.41, 5.74) is 1.84. The molecule has 0 fully saturated rings. The molecular weight excluding hydrogens is 150 g/mol. The van der Waals surface area contributed by atoms with E-state index in [0.29, 0.717) is 6.54 Å². The van der Waals surface area contributed by atoms with Crippen LogP contribution >= 0.6 is 0 Å². The van der Waals surface area contributed by atoms with E-state index in [1.54, 1.807) is 4.57 Å². The summed E-state index contributed by atoms with van der Waals surface area (Å²) in [7, 11) is 0. The molecule has 0 saturated heterocycles. The van der Waals surface area contributed by atoms with Crippen LogP contribution in [0.1, 0.15) is 0 Å². The van der Waals surface area contributed by atoms with Gasteiger partial charge in [-0.1, -0.05) is 12.1 Å². The molecule has 0 aliphatic rings. The van der Waals surface area contributed by atoms with Crippen molar-refractivity contribution in [3.63, 3.8) is 0 Å². The maximum absolute atomic E-state index is 8.48. The SMILES string of the molecule is N#CCn1[c]nc2ccccc21. The number of fused-ring (bicyclic) bond motifs is 1. The average Bonchev–Trinajstić information content (AvgIpc) is 2.50. The minimum absolute atomic E-state index is 0.306.